The van der Waals surface area contributed by atoms with Crippen molar-refractivity contribution in [3.05, 3.63) is 0 Å². The Kier molecular flexibility index (Phi) is 4.14. The first-order valence-corrected chi connectivity index (χ1v) is 3.04. The largest absolute Gasteiger partial charge is 0.294 e. The lowest BCUT2D eigenvalue weighted by molar-refractivity contribution is -0.127. The zero-order valence-corrected chi connectivity index (χ0v) is 5.14. The van der Waals surface area contributed by atoms with Gasteiger partial charge in [0.25, 0.3) is 5.91 Å². The van der Waals surface area contributed by atoms with Crippen LogP contribution in [0.25, 0.3) is 0 Å². The molecule has 4 N–H and O–H groups in total. The molecule has 0 aliphatic carbocycles. The minimum absolute atomic E-state index is 0.389. The number of amides is 1. The summed E-state index contributed by atoms with van der Waals surface area (Å²) in [5, 5.41) is 7.83. The maximum atomic E-state index is 10.0. The van der Waals surface area contributed by atoms with Gasteiger partial charge in [-0.15, -0.1) is 0 Å². The van der Waals surface area contributed by atoms with E-state index in [9.17, 15) is 9.00 Å². The van der Waals surface area contributed by atoms with E-state index < -0.39 is 17.2 Å². The molecule has 0 aromatic rings. The van der Waals surface area contributed by atoms with Crippen LogP contribution in [0.1, 0.15) is 0 Å². The monoisotopic (exact) mass is 154 g/mol. The molecular weight excluding hydrogens is 148 g/mol. The topological polar surface area (TPSA) is 98.7 Å². The number of hydroxylamine groups is 1. The van der Waals surface area contributed by atoms with Crippen molar-refractivity contribution in [3.8, 4) is 0 Å². The van der Waals surface area contributed by atoms with Gasteiger partial charge in [0.15, 0.2) is 0 Å². The van der Waals surface area contributed by atoms with E-state index in [1.54, 1.807) is 0 Å². The second kappa shape index (κ2) is 4.39. The van der Waals surface area contributed by atoms with Crippen molar-refractivity contribution in [1.82, 2.24) is 10.2 Å². The summed E-state index contributed by atoms with van der Waals surface area (Å²) in [6.07, 6.45) is 0. The van der Waals surface area contributed by atoms with E-state index >= 15 is 0 Å². The van der Waals surface area contributed by atoms with E-state index in [1.165, 1.54) is 5.48 Å². The van der Waals surface area contributed by atoms with Gasteiger partial charge < -0.3 is 0 Å². The number of rotatable bonds is 3. The zero-order chi connectivity index (χ0) is 7.28. The highest BCUT2D eigenvalue weighted by Crippen LogP contribution is 1.62. The van der Waals surface area contributed by atoms with Gasteiger partial charge in [0.05, 0.1) is 6.54 Å². The van der Waals surface area contributed by atoms with Crippen molar-refractivity contribution >= 4 is 17.2 Å². The minimum Gasteiger partial charge on any atom is -0.294 e. The Balaban J connectivity index is 3.28. The number of carbonyl (C=O) groups excluding carboxylic acids is 1. The Bertz CT molecular complexity index is 126. The van der Waals surface area contributed by atoms with Gasteiger partial charge in [0.1, 0.15) is 0 Å². The highest BCUT2D eigenvalue weighted by molar-refractivity contribution is 7.77. The Labute approximate surface area is 53.6 Å². The summed E-state index contributed by atoms with van der Waals surface area (Å²) in [5.74, 6) is -0.766. The molecule has 0 bridgehead atoms. The van der Waals surface area contributed by atoms with Crippen molar-refractivity contribution in [1.29, 1.82) is 0 Å². The first-order chi connectivity index (χ1) is 4.16. The van der Waals surface area contributed by atoms with E-state index in [4.69, 9.17) is 9.76 Å². The molecule has 0 radical (unpaired) electrons. The third kappa shape index (κ3) is 5.37. The molecular formula is C2H6N2O4S. The van der Waals surface area contributed by atoms with Gasteiger partial charge in [0, 0.05) is 0 Å². The first-order valence-electron chi connectivity index (χ1n) is 1.94. The Hall–Kier alpha value is -0.500. The quantitative estimate of drug-likeness (QED) is 0.219. The van der Waals surface area contributed by atoms with Gasteiger partial charge in [-0.25, -0.2) is 14.4 Å². The molecule has 0 aromatic carbocycles. The van der Waals surface area contributed by atoms with Crippen LogP contribution in [0.5, 0.6) is 0 Å². The van der Waals surface area contributed by atoms with E-state index in [0.29, 0.717) is 0 Å². The van der Waals surface area contributed by atoms with Crippen LogP contribution in [-0.2, 0) is 16.1 Å². The summed E-state index contributed by atoms with van der Waals surface area (Å²) in [6, 6.07) is 0. The fourth-order valence-electron chi connectivity index (χ4n) is 0.167. The average molecular weight is 154 g/mol. The van der Waals surface area contributed by atoms with E-state index in [-0.39, 0.29) is 6.54 Å². The standard InChI is InChI=1S/C2H6N2O4S/c5-2(4-6)1-3-9(7)8/h3,6H,1H2,(H,4,5)(H,7,8). The van der Waals surface area contributed by atoms with Gasteiger partial charge in [-0.05, 0) is 0 Å². The van der Waals surface area contributed by atoms with Crippen molar-refractivity contribution in [2.75, 3.05) is 6.54 Å². The molecule has 54 valence electrons. The second-order valence-corrected chi connectivity index (χ2v) is 1.89. The van der Waals surface area contributed by atoms with Crippen molar-refractivity contribution < 1.29 is 18.8 Å². The Morgan fingerprint density at radius 3 is 2.56 bits per heavy atom. The predicted octanol–water partition coefficient (Wildman–Crippen LogP) is -1.78. The maximum absolute atomic E-state index is 10.0. The molecule has 0 spiro atoms. The maximum Gasteiger partial charge on any atom is 0.258 e. The molecule has 0 heterocycles. The van der Waals surface area contributed by atoms with E-state index in [2.05, 4.69) is 0 Å². The van der Waals surface area contributed by atoms with Gasteiger partial charge in [-0.1, -0.05) is 0 Å². The minimum atomic E-state index is -2.21. The van der Waals surface area contributed by atoms with Crippen molar-refractivity contribution in [2.45, 2.75) is 0 Å². The number of carbonyl (C=O) groups is 1. The van der Waals surface area contributed by atoms with Gasteiger partial charge >= 0.3 is 0 Å². The molecule has 0 fully saturated rings. The molecule has 0 aliphatic rings. The van der Waals surface area contributed by atoms with Crippen LogP contribution in [0.3, 0.4) is 0 Å². The molecule has 0 saturated heterocycles. The lowest BCUT2D eigenvalue weighted by Gasteiger charge is -1.95. The molecule has 9 heavy (non-hydrogen) atoms. The van der Waals surface area contributed by atoms with Crippen LogP contribution >= 0.6 is 0 Å². The normalized spacial score (nSPS) is 12.7. The number of hydrogen-bond donors (Lipinski definition) is 4. The Morgan fingerprint density at radius 2 is 2.22 bits per heavy atom. The van der Waals surface area contributed by atoms with Crippen molar-refractivity contribution in [3.63, 3.8) is 0 Å². The smallest absolute Gasteiger partial charge is 0.258 e. The fourth-order valence-corrected chi connectivity index (χ4v) is 0.421. The summed E-state index contributed by atoms with van der Waals surface area (Å²) in [5.41, 5.74) is 1.27. The van der Waals surface area contributed by atoms with Crippen molar-refractivity contribution in [2.24, 2.45) is 0 Å². The van der Waals surface area contributed by atoms with Crippen LogP contribution in [0.4, 0.5) is 0 Å². The Morgan fingerprint density at radius 1 is 1.67 bits per heavy atom. The first kappa shape index (κ1) is 8.50. The van der Waals surface area contributed by atoms with Crippen LogP contribution in [0.15, 0.2) is 0 Å². The molecule has 1 amide bonds. The molecule has 0 aromatic heterocycles. The number of nitrogens with one attached hydrogen (secondary N) is 2. The summed E-state index contributed by atoms with van der Waals surface area (Å²) in [7, 11) is 0. The highest BCUT2D eigenvalue weighted by atomic mass is 32.2. The summed E-state index contributed by atoms with van der Waals surface area (Å²) in [4.78, 5) is 10.0. The van der Waals surface area contributed by atoms with Crippen LogP contribution in [0.2, 0.25) is 0 Å². The lowest BCUT2D eigenvalue weighted by atomic mass is 10.7. The average Bonchev–Trinajstić information content (AvgIpc) is 1.83. The zero-order valence-electron chi connectivity index (χ0n) is 4.33. The predicted molar refractivity (Wildman–Crippen MR) is 28.7 cm³/mol. The second-order valence-electron chi connectivity index (χ2n) is 1.11. The summed E-state index contributed by atoms with van der Waals surface area (Å²) < 4.78 is 19.6. The van der Waals surface area contributed by atoms with Gasteiger partial charge in [-0.2, -0.15) is 0 Å². The molecule has 0 aliphatic heterocycles. The highest BCUT2D eigenvalue weighted by Gasteiger charge is 1.98. The summed E-state index contributed by atoms with van der Waals surface area (Å²) >= 11 is -2.21. The SMILES string of the molecule is O=C(CNS(=O)O)NO. The molecule has 1 unspecified atom stereocenters. The third-order valence-corrected chi connectivity index (χ3v) is 0.872. The molecule has 0 saturated carbocycles. The molecule has 1 atom stereocenters. The summed E-state index contributed by atoms with van der Waals surface area (Å²) in [6.45, 7) is -0.389. The molecule has 7 heteroatoms. The van der Waals surface area contributed by atoms with Gasteiger partial charge in [0.2, 0.25) is 11.3 Å². The van der Waals surface area contributed by atoms with Crippen LogP contribution in [0, 0.1) is 0 Å². The van der Waals surface area contributed by atoms with Crippen LogP contribution < -0.4 is 10.2 Å². The van der Waals surface area contributed by atoms with E-state index in [0.717, 1.165) is 0 Å². The third-order valence-electron chi connectivity index (χ3n) is 0.481. The number of hydrogen-bond acceptors (Lipinski definition) is 3. The van der Waals surface area contributed by atoms with Gasteiger partial charge in [-0.3, -0.25) is 14.6 Å². The molecule has 0 rings (SSSR count). The van der Waals surface area contributed by atoms with Crippen LogP contribution in [-0.4, -0.2) is 26.4 Å². The molecule has 6 nitrogen and oxygen atoms in total. The van der Waals surface area contributed by atoms with E-state index in [1.807, 2.05) is 4.72 Å². The fraction of sp³-hybridized carbons (Fsp3) is 0.500. The lowest BCUT2D eigenvalue weighted by Crippen LogP contribution is -2.32.